The Balaban J connectivity index is 1.52. The van der Waals surface area contributed by atoms with E-state index in [1.54, 1.807) is 61.1 Å². The number of amides is 1. The summed E-state index contributed by atoms with van der Waals surface area (Å²) in [5, 5.41) is 8.98. The van der Waals surface area contributed by atoms with E-state index in [0.29, 0.717) is 21.8 Å². The van der Waals surface area contributed by atoms with Crippen molar-refractivity contribution in [2.75, 3.05) is 10.6 Å². The molecule has 0 saturated heterocycles. The number of alkyl halides is 3. The Labute approximate surface area is 207 Å². The van der Waals surface area contributed by atoms with E-state index in [0.717, 1.165) is 0 Å². The minimum Gasteiger partial charge on any atom is -0.467 e. The molecule has 0 aliphatic carbocycles. The molecule has 13 heteroatoms. The van der Waals surface area contributed by atoms with Crippen LogP contribution in [0.5, 0.6) is 0 Å². The average molecular weight is 521 g/mol. The van der Waals surface area contributed by atoms with Gasteiger partial charge in [-0.2, -0.15) is 18.3 Å². The molecule has 0 unspecified atom stereocenters. The third kappa shape index (κ3) is 3.87. The molecule has 1 aliphatic heterocycles. The van der Waals surface area contributed by atoms with Crippen LogP contribution in [0.25, 0.3) is 5.69 Å². The normalized spacial score (nSPS) is 17.5. The van der Waals surface area contributed by atoms with Crippen molar-refractivity contribution < 1.29 is 22.4 Å². The van der Waals surface area contributed by atoms with Crippen molar-refractivity contribution >= 4 is 29.0 Å². The van der Waals surface area contributed by atoms with Gasteiger partial charge in [0.2, 0.25) is 0 Å². The fraction of sp³-hybridized carbons (Fsp3) is 0.261. The topological polar surface area (TPSA) is 99.0 Å². The van der Waals surface area contributed by atoms with Crippen molar-refractivity contribution in [3.63, 3.8) is 0 Å². The van der Waals surface area contributed by atoms with Crippen molar-refractivity contribution in [1.29, 1.82) is 0 Å². The Bertz CT molecular complexity index is 1490. The number of hydrogen-bond acceptors (Lipinski definition) is 5. The van der Waals surface area contributed by atoms with Gasteiger partial charge in [-0.3, -0.25) is 14.3 Å². The fourth-order valence-electron chi connectivity index (χ4n) is 4.30. The molecule has 0 radical (unpaired) electrons. The summed E-state index contributed by atoms with van der Waals surface area (Å²) < 4.78 is 50.6. The minimum atomic E-state index is -4.66. The number of nitrogens with zero attached hydrogens (tertiary/aromatic N) is 4. The number of benzene rings is 1. The van der Waals surface area contributed by atoms with Crippen LogP contribution in [0.2, 0.25) is 5.02 Å². The third-order valence-corrected chi connectivity index (χ3v) is 6.55. The van der Waals surface area contributed by atoms with Gasteiger partial charge in [0.1, 0.15) is 22.3 Å². The van der Waals surface area contributed by atoms with E-state index in [4.69, 9.17) is 16.0 Å². The number of fused-ring (bicyclic) bond motifs is 1. The molecule has 4 aromatic rings. The van der Waals surface area contributed by atoms with Gasteiger partial charge >= 0.3 is 6.18 Å². The molecule has 9 nitrogen and oxygen atoms in total. The Kier molecular flexibility index (Phi) is 5.70. The minimum absolute atomic E-state index is 0.0396. The van der Waals surface area contributed by atoms with Crippen molar-refractivity contribution in [1.82, 2.24) is 19.1 Å². The summed E-state index contributed by atoms with van der Waals surface area (Å²) >= 11 is 6.36. The zero-order valence-corrected chi connectivity index (χ0v) is 19.8. The van der Waals surface area contributed by atoms with E-state index in [9.17, 15) is 22.8 Å². The molecular weight excluding hydrogens is 501 g/mol. The Morgan fingerprint density at radius 1 is 1.22 bits per heavy atom. The van der Waals surface area contributed by atoms with E-state index >= 15 is 0 Å². The molecule has 0 bridgehead atoms. The largest absolute Gasteiger partial charge is 0.467 e. The quantitative estimate of drug-likeness (QED) is 0.401. The highest BCUT2D eigenvalue weighted by molar-refractivity contribution is 6.36. The number of anilines is 2. The molecule has 1 aromatic carbocycles. The molecular formula is C23H20ClF3N6O3. The molecule has 5 rings (SSSR count). The zero-order chi connectivity index (χ0) is 25.8. The van der Waals surface area contributed by atoms with Gasteiger partial charge in [-0.05, 0) is 31.2 Å². The molecule has 0 spiro atoms. The fourth-order valence-corrected chi connectivity index (χ4v) is 4.56. The lowest BCUT2D eigenvalue weighted by Crippen LogP contribution is -2.35. The molecule has 3 aromatic heterocycles. The van der Waals surface area contributed by atoms with Gasteiger partial charge in [-0.1, -0.05) is 29.8 Å². The maximum atomic E-state index is 13.9. The highest BCUT2D eigenvalue weighted by atomic mass is 35.5. The van der Waals surface area contributed by atoms with Gasteiger partial charge in [-0.25, -0.2) is 9.36 Å². The lowest BCUT2D eigenvalue weighted by molar-refractivity contribution is -0.174. The second kappa shape index (κ2) is 8.63. The summed E-state index contributed by atoms with van der Waals surface area (Å²) in [4.78, 5) is 26.2. The van der Waals surface area contributed by atoms with Crippen molar-refractivity contribution in [2.24, 2.45) is 7.05 Å². The summed E-state index contributed by atoms with van der Waals surface area (Å²) in [5.41, 5.74) is 0.00943. The van der Waals surface area contributed by atoms with Crippen LogP contribution in [0.1, 0.15) is 40.4 Å². The number of para-hydroxylation sites is 1. The van der Waals surface area contributed by atoms with E-state index in [2.05, 4.69) is 15.7 Å². The van der Waals surface area contributed by atoms with Crippen LogP contribution < -0.4 is 16.2 Å². The Morgan fingerprint density at radius 3 is 2.58 bits per heavy atom. The highest BCUT2D eigenvalue weighted by Gasteiger charge is 2.48. The molecule has 1 aliphatic rings. The molecule has 188 valence electrons. The maximum absolute atomic E-state index is 13.9. The second-order valence-electron chi connectivity index (χ2n) is 8.35. The lowest BCUT2D eigenvalue weighted by Gasteiger charge is -2.32. The summed E-state index contributed by atoms with van der Waals surface area (Å²) in [7, 11) is 1.65. The smallest absolute Gasteiger partial charge is 0.410 e. The molecule has 4 heterocycles. The van der Waals surface area contributed by atoms with Gasteiger partial charge in [0, 0.05) is 13.5 Å². The SMILES string of the molecule is Cc1c(NC(=O)c2nn3c(c2Cl)N[C@H](c2ccco2)C[C@@H]3C(F)(F)F)c(=O)n(-c2ccccc2)n1C. The number of furan rings is 1. The summed E-state index contributed by atoms with van der Waals surface area (Å²) in [6, 6.07) is 9.01. The van der Waals surface area contributed by atoms with Crippen LogP contribution in [-0.2, 0) is 7.05 Å². The molecule has 36 heavy (non-hydrogen) atoms. The molecule has 0 saturated carbocycles. The molecule has 2 N–H and O–H groups in total. The van der Waals surface area contributed by atoms with Crippen LogP contribution in [0.4, 0.5) is 24.7 Å². The van der Waals surface area contributed by atoms with Crippen molar-refractivity contribution in [3.05, 3.63) is 81.3 Å². The van der Waals surface area contributed by atoms with E-state index in [1.165, 1.54) is 10.9 Å². The number of carbonyl (C=O) groups is 1. The lowest BCUT2D eigenvalue weighted by atomic mass is 10.0. The first-order chi connectivity index (χ1) is 17.1. The van der Waals surface area contributed by atoms with Crippen LogP contribution >= 0.6 is 11.6 Å². The summed E-state index contributed by atoms with van der Waals surface area (Å²) in [6.07, 6.45) is -3.72. The van der Waals surface area contributed by atoms with Crippen LogP contribution in [0, 0.1) is 6.92 Å². The molecule has 2 atom stereocenters. The van der Waals surface area contributed by atoms with Gasteiger partial charge in [0.25, 0.3) is 11.5 Å². The van der Waals surface area contributed by atoms with E-state index in [-0.39, 0.29) is 16.5 Å². The van der Waals surface area contributed by atoms with E-state index in [1.807, 2.05) is 0 Å². The van der Waals surface area contributed by atoms with Crippen LogP contribution in [0.15, 0.2) is 57.9 Å². The van der Waals surface area contributed by atoms with Gasteiger partial charge in [-0.15, -0.1) is 0 Å². The molecule has 0 fully saturated rings. The number of carbonyl (C=O) groups excluding carboxylic acids is 1. The standard InChI is InChI=1S/C23H20ClF3N6O3/c1-12-18(22(35)33(31(12)2)13-7-4-3-5-8-13)29-21(34)19-17(24)20-28-14(15-9-6-10-36-15)11-16(23(25,26)27)32(20)30-19/h3-10,14,16,28H,11H2,1-2H3,(H,29,34)/t14-,16+/m0/s1. The van der Waals surface area contributed by atoms with E-state index < -0.39 is 41.8 Å². The number of rotatable bonds is 4. The van der Waals surface area contributed by atoms with Crippen LogP contribution in [0.3, 0.4) is 0 Å². The summed E-state index contributed by atoms with van der Waals surface area (Å²) in [5.74, 6) is -0.784. The number of aromatic nitrogens is 4. The third-order valence-electron chi connectivity index (χ3n) is 6.19. The van der Waals surface area contributed by atoms with Crippen LogP contribution in [-0.4, -0.2) is 31.2 Å². The maximum Gasteiger partial charge on any atom is 0.410 e. The second-order valence-corrected chi connectivity index (χ2v) is 8.73. The van der Waals surface area contributed by atoms with Crippen molar-refractivity contribution in [3.8, 4) is 5.69 Å². The number of nitrogens with one attached hydrogen (secondary N) is 2. The zero-order valence-electron chi connectivity index (χ0n) is 19.0. The monoisotopic (exact) mass is 520 g/mol. The predicted octanol–water partition coefficient (Wildman–Crippen LogP) is 4.84. The van der Waals surface area contributed by atoms with Gasteiger partial charge in [0.15, 0.2) is 11.7 Å². The highest BCUT2D eigenvalue weighted by Crippen LogP contribution is 2.46. The van der Waals surface area contributed by atoms with Gasteiger partial charge in [0.05, 0.1) is 23.7 Å². The first kappa shape index (κ1) is 23.8. The first-order valence-electron chi connectivity index (χ1n) is 10.9. The first-order valence-corrected chi connectivity index (χ1v) is 11.3. The Morgan fingerprint density at radius 2 is 1.94 bits per heavy atom. The Hall–Kier alpha value is -3.93. The summed E-state index contributed by atoms with van der Waals surface area (Å²) in [6.45, 7) is 1.63. The van der Waals surface area contributed by atoms with Gasteiger partial charge < -0.3 is 15.1 Å². The number of halogens is 4. The average Bonchev–Trinajstić information content (AvgIpc) is 3.54. The predicted molar refractivity (Wildman–Crippen MR) is 126 cm³/mol. The van der Waals surface area contributed by atoms with Crippen molar-refractivity contribution in [2.45, 2.75) is 31.6 Å². The number of hydrogen-bond donors (Lipinski definition) is 2. The molecule has 1 amide bonds.